The summed E-state index contributed by atoms with van der Waals surface area (Å²) in [5.41, 5.74) is 3.59. The van der Waals surface area contributed by atoms with Gasteiger partial charge in [-0.2, -0.15) is 5.10 Å². The van der Waals surface area contributed by atoms with Gasteiger partial charge in [-0.05, 0) is 74.2 Å². The number of rotatable bonds is 1. The topological polar surface area (TPSA) is 38.0 Å². The number of hydrogen-bond donors (Lipinski definition) is 1. The first-order valence-corrected chi connectivity index (χ1v) is 10.1. The summed E-state index contributed by atoms with van der Waals surface area (Å²) < 4.78 is 2.11. The van der Waals surface area contributed by atoms with Gasteiger partial charge in [-0.3, -0.25) is 0 Å². The van der Waals surface area contributed by atoms with Gasteiger partial charge in [0.05, 0.1) is 6.10 Å². The summed E-state index contributed by atoms with van der Waals surface area (Å²) in [6.07, 6.45) is 16.9. The van der Waals surface area contributed by atoms with Crippen molar-refractivity contribution < 1.29 is 5.11 Å². The van der Waals surface area contributed by atoms with Crippen molar-refractivity contribution in [2.24, 2.45) is 28.6 Å². The summed E-state index contributed by atoms with van der Waals surface area (Å²) in [5, 5.41) is 14.7. The average molecular weight is 338 g/mol. The van der Waals surface area contributed by atoms with Crippen molar-refractivity contribution in [3.8, 4) is 0 Å². The molecular formula is C22H30N2O. The van der Waals surface area contributed by atoms with E-state index in [4.69, 9.17) is 0 Å². The van der Waals surface area contributed by atoms with E-state index < -0.39 is 0 Å². The lowest BCUT2D eigenvalue weighted by molar-refractivity contribution is -0.0251. The molecule has 3 heteroatoms. The molecule has 0 saturated heterocycles. The molecule has 25 heavy (non-hydrogen) atoms. The molecule has 0 radical (unpaired) electrons. The fraction of sp³-hybridized carbons (Fsp3) is 0.682. The van der Waals surface area contributed by atoms with E-state index in [1.54, 1.807) is 5.57 Å². The third-order valence-corrected chi connectivity index (χ3v) is 8.37. The number of fused-ring (bicyclic) bond motifs is 5. The second kappa shape index (κ2) is 5.33. The maximum atomic E-state index is 10.1. The van der Waals surface area contributed by atoms with Crippen LogP contribution >= 0.6 is 0 Å². The Hall–Kier alpha value is -1.35. The number of nitrogens with zero attached hydrogens (tertiary/aromatic N) is 2. The van der Waals surface area contributed by atoms with Crippen LogP contribution in [0.15, 0.2) is 36.2 Å². The lowest BCUT2D eigenvalue weighted by Crippen LogP contribution is -2.50. The Morgan fingerprint density at radius 1 is 1.08 bits per heavy atom. The highest BCUT2D eigenvalue weighted by molar-refractivity contribution is 5.56. The van der Waals surface area contributed by atoms with Crippen molar-refractivity contribution in [1.29, 1.82) is 0 Å². The zero-order valence-electron chi connectivity index (χ0n) is 15.5. The van der Waals surface area contributed by atoms with Crippen LogP contribution in [0.5, 0.6) is 0 Å². The molecule has 1 aromatic rings. The van der Waals surface area contributed by atoms with Gasteiger partial charge in [0.15, 0.2) is 0 Å². The van der Waals surface area contributed by atoms with Crippen LogP contribution in [0.2, 0.25) is 0 Å². The van der Waals surface area contributed by atoms with Crippen molar-refractivity contribution in [3.05, 3.63) is 36.2 Å². The third kappa shape index (κ3) is 2.11. The molecule has 4 aliphatic carbocycles. The van der Waals surface area contributed by atoms with Crippen LogP contribution in [0.4, 0.5) is 0 Å². The van der Waals surface area contributed by atoms with Gasteiger partial charge in [0.2, 0.25) is 0 Å². The number of aromatic nitrogens is 2. The van der Waals surface area contributed by atoms with E-state index >= 15 is 0 Å². The fourth-order valence-electron chi connectivity index (χ4n) is 6.95. The van der Waals surface area contributed by atoms with Gasteiger partial charge >= 0.3 is 0 Å². The molecule has 3 unspecified atom stereocenters. The molecule has 2 fully saturated rings. The van der Waals surface area contributed by atoms with E-state index in [2.05, 4.69) is 42.0 Å². The molecule has 1 N–H and O–H groups in total. The summed E-state index contributed by atoms with van der Waals surface area (Å²) in [5.74, 6) is 2.32. The van der Waals surface area contributed by atoms with E-state index in [1.807, 2.05) is 12.3 Å². The summed E-state index contributed by atoms with van der Waals surface area (Å²) in [4.78, 5) is 0. The highest BCUT2D eigenvalue weighted by atomic mass is 16.3. The molecule has 5 rings (SSSR count). The minimum absolute atomic E-state index is 0.107. The normalized spacial score (nSPS) is 45.9. The molecule has 0 aliphatic heterocycles. The summed E-state index contributed by atoms with van der Waals surface area (Å²) in [6, 6.07) is 2.03. The minimum Gasteiger partial charge on any atom is -0.393 e. The molecule has 0 aromatic carbocycles. The van der Waals surface area contributed by atoms with E-state index in [-0.39, 0.29) is 11.5 Å². The van der Waals surface area contributed by atoms with Gasteiger partial charge in [-0.15, -0.1) is 0 Å². The number of allylic oxidation sites excluding steroid dienone is 3. The SMILES string of the molecule is C[C@]12CC[C@H](O)CC1=CCC1C2CC[C@]2(C)C(n3cccn3)=CCC12. The highest BCUT2D eigenvalue weighted by Gasteiger charge is 2.57. The lowest BCUT2D eigenvalue weighted by atomic mass is 9.48. The summed E-state index contributed by atoms with van der Waals surface area (Å²) in [6.45, 7) is 4.99. The van der Waals surface area contributed by atoms with Gasteiger partial charge < -0.3 is 5.11 Å². The van der Waals surface area contributed by atoms with Crippen LogP contribution in [-0.4, -0.2) is 21.0 Å². The average Bonchev–Trinajstić information content (AvgIpc) is 3.22. The first-order chi connectivity index (χ1) is 12.0. The third-order valence-electron chi connectivity index (χ3n) is 8.37. The van der Waals surface area contributed by atoms with Crippen molar-refractivity contribution in [2.75, 3.05) is 0 Å². The fourth-order valence-corrected chi connectivity index (χ4v) is 6.95. The van der Waals surface area contributed by atoms with Gasteiger partial charge in [0.1, 0.15) is 0 Å². The molecule has 0 spiro atoms. The predicted molar refractivity (Wildman–Crippen MR) is 99.6 cm³/mol. The van der Waals surface area contributed by atoms with Crippen LogP contribution in [0.25, 0.3) is 5.70 Å². The zero-order chi connectivity index (χ0) is 17.2. The Labute approximate surface area is 150 Å². The Bertz CT molecular complexity index is 733. The Morgan fingerprint density at radius 3 is 2.72 bits per heavy atom. The van der Waals surface area contributed by atoms with Gasteiger partial charge in [0, 0.05) is 23.5 Å². The second-order valence-electron chi connectivity index (χ2n) is 9.39. The van der Waals surface area contributed by atoms with Crippen molar-refractivity contribution in [2.45, 2.75) is 64.9 Å². The standard InChI is InChI=1S/C22H30N2O/c1-21-10-8-16(25)14-15(21)4-5-17-18-6-7-20(24-13-3-12-23-24)22(18,2)11-9-19(17)21/h3-4,7,12-13,16-19,25H,5-6,8-11,14H2,1-2H3/t16-,17?,18?,19?,21-,22-/m0/s1. The van der Waals surface area contributed by atoms with Crippen molar-refractivity contribution >= 4 is 5.70 Å². The molecule has 1 aromatic heterocycles. The zero-order valence-corrected chi connectivity index (χ0v) is 15.5. The highest BCUT2D eigenvalue weighted by Crippen LogP contribution is 2.65. The smallest absolute Gasteiger partial charge is 0.0577 e. The van der Waals surface area contributed by atoms with E-state index in [9.17, 15) is 5.11 Å². The van der Waals surface area contributed by atoms with Crippen LogP contribution in [0, 0.1) is 28.6 Å². The maximum absolute atomic E-state index is 10.1. The number of hydrogen-bond acceptors (Lipinski definition) is 2. The largest absolute Gasteiger partial charge is 0.393 e. The molecule has 2 saturated carbocycles. The van der Waals surface area contributed by atoms with Gasteiger partial charge in [-0.1, -0.05) is 31.6 Å². The lowest BCUT2D eigenvalue weighted by Gasteiger charge is -2.57. The van der Waals surface area contributed by atoms with Crippen LogP contribution in [-0.2, 0) is 0 Å². The quantitative estimate of drug-likeness (QED) is 0.756. The molecule has 6 atom stereocenters. The Balaban J connectivity index is 1.48. The molecule has 1 heterocycles. The first-order valence-electron chi connectivity index (χ1n) is 10.1. The molecule has 0 bridgehead atoms. The second-order valence-corrected chi connectivity index (χ2v) is 9.39. The van der Waals surface area contributed by atoms with E-state index in [0.29, 0.717) is 5.41 Å². The first kappa shape index (κ1) is 15.9. The summed E-state index contributed by atoms with van der Waals surface area (Å²) in [7, 11) is 0. The van der Waals surface area contributed by atoms with Crippen LogP contribution < -0.4 is 0 Å². The maximum Gasteiger partial charge on any atom is 0.0577 e. The van der Waals surface area contributed by atoms with Gasteiger partial charge in [0.25, 0.3) is 0 Å². The van der Waals surface area contributed by atoms with E-state index in [0.717, 1.165) is 30.6 Å². The number of aliphatic hydroxyl groups excluding tert-OH is 1. The van der Waals surface area contributed by atoms with Crippen molar-refractivity contribution in [1.82, 2.24) is 9.78 Å². The Kier molecular flexibility index (Phi) is 3.38. The van der Waals surface area contributed by atoms with Crippen molar-refractivity contribution in [3.63, 3.8) is 0 Å². The summed E-state index contributed by atoms with van der Waals surface area (Å²) >= 11 is 0. The molecule has 134 valence electrons. The minimum atomic E-state index is -0.107. The van der Waals surface area contributed by atoms with E-state index in [1.165, 1.54) is 37.8 Å². The van der Waals surface area contributed by atoms with Crippen LogP contribution in [0.3, 0.4) is 0 Å². The van der Waals surface area contributed by atoms with Gasteiger partial charge in [-0.25, -0.2) is 4.68 Å². The number of aliphatic hydroxyl groups is 1. The van der Waals surface area contributed by atoms with Crippen LogP contribution in [0.1, 0.15) is 58.8 Å². The Morgan fingerprint density at radius 2 is 1.92 bits per heavy atom. The monoisotopic (exact) mass is 338 g/mol. The molecular weight excluding hydrogens is 308 g/mol. The molecule has 4 aliphatic rings. The molecule has 3 nitrogen and oxygen atoms in total. The predicted octanol–water partition coefficient (Wildman–Crippen LogP) is 4.66. The molecule has 0 amide bonds.